The van der Waals surface area contributed by atoms with Gasteiger partial charge in [-0.15, -0.1) is 11.3 Å². The highest BCUT2D eigenvalue weighted by molar-refractivity contribution is 7.23. The zero-order chi connectivity index (χ0) is 36.8. The van der Waals surface area contributed by atoms with Gasteiger partial charge in [-0.1, -0.05) is 12.1 Å². The van der Waals surface area contributed by atoms with E-state index in [1.54, 1.807) is 37.1 Å². The van der Waals surface area contributed by atoms with E-state index < -0.39 is 51.8 Å². The highest BCUT2D eigenvalue weighted by atomic mass is 32.1. The smallest absolute Gasteiger partial charge is 0.420 e. The number of nitriles is 1. The van der Waals surface area contributed by atoms with E-state index in [0.29, 0.717) is 23.0 Å². The van der Waals surface area contributed by atoms with Crippen LogP contribution in [0, 0.1) is 23.0 Å². The first-order valence-electron chi connectivity index (χ1n) is 15.7. The fourth-order valence-corrected chi connectivity index (χ4v) is 7.46. The number of hydrogen-bond acceptors (Lipinski definition) is 12. The Morgan fingerprint density at radius 2 is 1.88 bits per heavy atom. The van der Waals surface area contributed by atoms with E-state index in [9.17, 15) is 9.65 Å². The molecule has 4 N–H and O–H groups in total. The minimum absolute atomic E-state index is 0.0220. The van der Waals surface area contributed by atoms with Crippen molar-refractivity contribution < 1.29 is 36.2 Å². The topological polar surface area (TPSA) is 149 Å². The van der Waals surface area contributed by atoms with Crippen molar-refractivity contribution in [3.63, 3.8) is 0 Å². The maximum absolute atomic E-state index is 16.7. The molecule has 2 aliphatic rings. The fraction of sp³-hybridized carbons (Fsp3) is 0.353. The first kappa shape index (κ1) is 35.8. The first-order chi connectivity index (χ1) is 24.3. The van der Waals surface area contributed by atoms with Crippen molar-refractivity contribution in [1.82, 2.24) is 19.9 Å². The van der Waals surface area contributed by atoms with Gasteiger partial charge in [0.1, 0.15) is 52.0 Å². The SMILES string of the molecule is COC1CCN(C)C1.COc1nc2c3c(c(C(F)(F)F)c(-c4ccc(F)c5sc(N)c(C#N)c45)c(F)c3n1)OCCN2C(C)c1cccnc1N. The van der Waals surface area contributed by atoms with E-state index >= 15 is 17.6 Å². The van der Waals surface area contributed by atoms with Crippen LogP contribution in [0.25, 0.3) is 32.1 Å². The van der Waals surface area contributed by atoms with Crippen LogP contribution >= 0.6 is 11.3 Å². The zero-order valence-corrected chi connectivity index (χ0v) is 28.8. The summed E-state index contributed by atoms with van der Waals surface area (Å²) in [5, 5.41) is 9.02. The number of halogens is 5. The molecule has 0 spiro atoms. The lowest BCUT2D eigenvalue weighted by Gasteiger charge is -2.30. The lowest BCUT2D eigenvalue weighted by atomic mass is 9.91. The van der Waals surface area contributed by atoms with Gasteiger partial charge in [0, 0.05) is 42.9 Å². The molecule has 2 atom stereocenters. The van der Waals surface area contributed by atoms with E-state index in [-0.39, 0.29) is 56.8 Å². The van der Waals surface area contributed by atoms with Gasteiger partial charge in [0.25, 0.3) is 0 Å². The molecule has 0 bridgehead atoms. The summed E-state index contributed by atoms with van der Waals surface area (Å²) in [6.45, 7) is 3.80. The Kier molecular flexibility index (Phi) is 9.77. The minimum Gasteiger partial charge on any atom is -0.490 e. The molecule has 5 aromatic rings. The molecule has 268 valence electrons. The maximum atomic E-state index is 16.7. The van der Waals surface area contributed by atoms with Crippen molar-refractivity contribution in [1.29, 1.82) is 5.26 Å². The molecule has 2 aliphatic heterocycles. The van der Waals surface area contributed by atoms with Gasteiger partial charge in [-0.2, -0.15) is 28.4 Å². The monoisotopic (exact) mass is 728 g/mol. The summed E-state index contributed by atoms with van der Waals surface area (Å²) < 4.78 is 92.6. The summed E-state index contributed by atoms with van der Waals surface area (Å²) in [6, 6.07) is 6.13. The summed E-state index contributed by atoms with van der Waals surface area (Å²) in [7, 11) is 5.14. The molecule has 3 aromatic heterocycles. The van der Waals surface area contributed by atoms with Crippen LogP contribution in [0.2, 0.25) is 0 Å². The third-order valence-corrected chi connectivity index (χ3v) is 10.0. The standard InChI is InChI=1S/C28H20F5N7O2S.C6H13NO/c1-11(12-4-3-7-37-24(12)35)40-8-9-42-22-18-21(38-27(41-2)39-26(18)40)20(30)17(19(22)28(31,32)33)13-5-6-15(29)23-16(13)14(10-34)25(36)43-23;1-7-4-3-6(5-7)8-2/h3-7,11H,8-9,36H2,1-2H3,(H2,35,37);6H,3-5H2,1-2H3. The number of benzene rings is 2. The van der Waals surface area contributed by atoms with Crippen LogP contribution in [0.3, 0.4) is 0 Å². The summed E-state index contributed by atoms with van der Waals surface area (Å²) in [6.07, 6.45) is -1.98. The van der Waals surface area contributed by atoms with E-state index in [1.807, 2.05) is 0 Å². The van der Waals surface area contributed by atoms with Gasteiger partial charge < -0.3 is 35.5 Å². The van der Waals surface area contributed by atoms with Gasteiger partial charge in [-0.05, 0) is 38.1 Å². The predicted molar refractivity (Wildman–Crippen MR) is 184 cm³/mol. The summed E-state index contributed by atoms with van der Waals surface area (Å²) in [5.74, 6) is -2.83. The largest absolute Gasteiger partial charge is 0.490 e. The summed E-state index contributed by atoms with van der Waals surface area (Å²) in [4.78, 5) is 16.4. The molecule has 0 radical (unpaired) electrons. The molecule has 0 amide bonds. The van der Waals surface area contributed by atoms with Crippen molar-refractivity contribution in [2.45, 2.75) is 31.7 Å². The quantitative estimate of drug-likeness (QED) is 0.190. The summed E-state index contributed by atoms with van der Waals surface area (Å²) in [5.41, 5.74) is 8.91. The molecule has 51 heavy (non-hydrogen) atoms. The number of rotatable bonds is 5. The maximum Gasteiger partial charge on any atom is 0.420 e. The number of alkyl halides is 3. The average molecular weight is 729 g/mol. The molecule has 17 heteroatoms. The average Bonchev–Trinajstić information content (AvgIpc) is 3.63. The number of fused-ring (bicyclic) bond motifs is 1. The number of pyridine rings is 1. The van der Waals surface area contributed by atoms with Crippen molar-refractivity contribution in [2.24, 2.45) is 0 Å². The third-order valence-electron chi connectivity index (χ3n) is 8.99. The van der Waals surface area contributed by atoms with Crippen molar-refractivity contribution in [3.05, 3.63) is 58.8 Å². The third kappa shape index (κ3) is 6.39. The van der Waals surface area contributed by atoms with Crippen LogP contribution in [0.4, 0.5) is 38.6 Å². The summed E-state index contributed by atoms with van der Waals surface area (Å²) >= 11 is 0.675. The normalized spacial score (nSPS) is 16.7. The van der Waals surface area contributed by atoms with Crippen LogP contribution in [-0.2, 0) is 10.9 Å². The molecular formula is C34H33F5N8O3S. The number of methoxy groups -OCH3 is 2. The minimum atomic E-state index is -5.18. The highest BCUT2D eigenvalue weighted by Gasteiger charge is 2.44. The molecule has 2 aromatic carbocycles. The van der Waals surface area contributed by atoms with Gasteiger partial charge >= 0.3 is 12.2 Å². The predicted octanol–water partition coefficient (Wildman–Crippen LogP) is 6.55. The Balaban J connectivity index is 0.000000495. The Hall–Kier alpha value is -5.05. The van der Waals surface area contributed by atoms with Crippen molar-refractivity contribution >= 4 is 49.0 Å². The van der Waals surface area contributed by atoms with Gasteiger partial charge in [0.05, 0.1) is 41.4 Å². The van der Waals surface area contributed by atoms with Gasteiger partial charge in [-0.3, -0.25) is 0 Å². The van der Waals surface area contributed by atoms with Crippen LogP contribution < -0.4 is 25.8 Å². The lowest BCUT2D eigenvalue weighted by Crippen LogP contribution is -2.31. The van der Waals surface area contributed by atoms with E-state index in [0.717, 1.165) is 18.7 Å². The number of anilines is 3. The number of nitrogens with zero attached hydrogens (tertiary/aromatic N) is 6. The van der Waals surface area contributed by atoms with Crippen LogP contribution in [0.15, 0.2) is 30.5 Å². The van der Waals surface area contributed by atoms with Crippen LogP contribution in [0.5, 0.6) is 11.8 Å². The number of likely N-dealkylation sites (tertiary alicyclic amines) is 1. The van der Waals surface area contributed by atoms with E-state index in [2.05, 4.69) is 26.9 Å². The van der Waals surface area contributed by atoms with Crippen LogP contribution in [-0.4, -0.2) is 73.5 Å². The molecule has 0 saturated carbocycles. The highest BCUT2D eigenvalue weighted by Crippen LogP contribution is 2.53. The Labute approximate surface area is 293 Å². The number of thiophene rings is 1. The molecule has 1 fully saturated rings. The van der Waals surface area contributed by atoms with Crippen LogP contribution in [0.1, 0.15) is 36.1 Å². The number of likely N-dealkylation sites (N-methyl/N-ethyl adjacent to an activating group) is 1. The Morgan fingerprint density at radius 3 is 2.49 bits per heavy atom. The molecule has 1 saturated heterocycles. The van der Waals surface area contributed by atoms with Gasteiger partial charge in [0.15, 0.2) is 5.82 Å². The zero-order valence-electron chi connectivity index (χ0n) is 27.9. The second kappa shape index (κ2) is 13.9. The molecule has 5 heterocycles. The lowest BCUT2D eigenvalue weighted by molar-refractivity contribution is -0.138. The first-order valence-corrected chi connectivity index (χ1v) is 16.5. The Bertz CT molecular complexity index is 2170. The number of aromatic nitrogens is 3. The number of nitrogen functional groups attached to an aromatic ring is 2. The molecular weight excluding hydrogens is 695 g/mol. The van der Waals surface area contributed by atoms with Gasteiger partial charge in [0.2, 0.25) is 0 Å². The second-order valence-corrected chi connectivity index (χ2v) is 13.1. The molecule has 11 nitrogen and oxygen atoms in total. The molecule has 7 rings (SSSR count). The van der Waals surface area contributed by atoms with E-state index in [4.69, 9.17) is 25.7 Å². The Morgan fingerprint density at radius 1 is 1.12 bits per heavy atom. The number of ether oxygens (including phenoxy) is 3. The fourth-order valence-electron chi connectivity index (χ4n) is 6.51. The number of hydrogen-bond donors (Lipinski definition) is 2. The molecule has 2 unspecified atom stereocenters. The van der Waals surface area contributed by atoms with Crippen molar-refractivity contribution in [3.8, 4) is 29.0 Å². The van der Waals surface area contributed by atoms with Crippen molar-refractivity contribution in [2.75, 3.05) is 63.9 Å². The number of nitrogens with two attached hydrogens (primary N) is 2. The van der Waals surface area contributed by atoms with Gasteiger partial charge in [-0.25, -0.2) is 13.8 Å². The van der Waals surface area contributed by atoms with E-state index in [1.165, 1.54) is 26.3 Å². The second-order valence-electron chi connectivity index (χ2n) is 12.0. The molecule has 0 aliphatic carbocycles.